The fourth-order valence-electron chi connectivity index (χ4n) is 2.28. The number of benzene rings is 1. The second-order valence-corrected chi connectivity index (χ2v) is 4.69. The first-order valence-electron chi connectivity index (χ1n) is 6.24. The van der Waals surface area contributed by atoms with Gasteiger partial charge in [0.15, 0.2) is 0 Å². The molecule has 18 heavy (non-hydrogen) atoms. The van der Waals surface area contributed by atoms with E-state index in [1.807, 2.05) is 29.2 Å². The van der Waals surface area contributed by atoms with Crippen molar-refractivity contribution in [2.75, 3.05) is 26.8 Å². The molecule has 4 nitrogen and oxygen atoms in total. The topological polar surface area (TPSA) is 49.8 Å². The van der Waals surface area contributed by atoms with Gasteiger partial charge in [-0.2, -0.15) is 0 Å². The van der Waals surface area contributed by atoms with Crippen LogP contribution in [0.25, 0.3) is 0 Å². The molecule has 0 aromatic heterocycles. The third-order valence-corrected chi connectivity index (χ3v) is 3.36. The quantitative estimate of drug-likeness (QED) is 0.849. The molecular weight excluding hydrogens is 230 g/mol. The maximum absolute atomic E-state index is 11.7. The molecule has 1 aliphatic heterocycles. The molecule has 1 unspecified atom stereocenters. The molecule has 1 aromatic rings. The summed E-state index contributed by atoms with van der Waals surface area (Å²) in [5.74, 6) is 1.10. The molecule has 1 N–H and O–H groups in total. The van der Waals surface area contributed by atoms with Crippen molar-refractivity contribution in [1.29, 1.82) is 0 Å². The number of amides is 1. The fourth-order valence-corrected chi connectivity index (χ4v) is 2.28. The number of methoxy groups -OCH3 is 1. The van der Waals surface area contributed by atoms with E-state index < -0.39 is 0 Å². The Morgan fingerprint density at radius 1 is 1.50 bits per heavy atom. The zero-order valence-electron chi connectivity index (χ0n) is 10.6. The number of aliphatic hydroxyl groups excluding tert-OH is 1. The van der Waals surface area contributed by atoms with Gasteiger partial charge in [0.1, 0.15) is 5.75 Å². The molecule has 1 aromatic carbocycles. The summed E-state index contributed by atoms with van der Waals surface area (Å²) in [5, 5.41) is 9.06. The number of aliphatic hydroxyl groups is 1. The number of ether oxygens (including phenoxy) is 1. The van der Waals surface area contributed by atoms with Gasteiger partial charge in [0.25, 0.3) is 0 Å². The van der Waals surface area contributed by atoms with Crippen molar-refractivity contribution in [1.82, 2.24) is 4.90 Å². The first kappa shape index (κ1) is 12.9. The Bertz CT molecular complexity index is 419. The first-order valence-corrected chi connectivity index (χ1v) is 6.24. The van der Waals surface area contributed by atoms with Crippen LogP contribution < -0.4 is 4.74 Å². The minimum absolute atomic E-state index is 0.0986. The number of likely N-dealkylation sites (tertiary alicyclic amines) is 1. The molecule has 0 bridgehead atoms. The number of hydrogen-bond acceptors (Lipinski definition) is 3. The lowest BCUT2D eigenvalue weighted by Crippen LogP contribution is -2.27. The molecule has 0 saturated carbocycles. The van der Waals surface area contributed by atoms with Crippen LogP contribution >= 0.6 is 0 Å². The number of carbonyl (C=O) groups excluding carboxylic acids is 1. The second kappa shape index (κ2) is 5.87. The Morgan fingerprint density at radius 2 is 2.33 bits per heavy atom. The third kappa shape index (κ3) is 3.01. The van der Waals surface area contributed by atoms with Crippen LogP contribution in [-0.2, 0) is 11.2 Å². The van der Waals surface area contributed by atoms with Crippen LogP contribution in [0, 0.1) is 5.92 Å². The smallest absolute Gasteiger partial charge is 0.223 e. The summed E-state index contributed by atoms with van der Waals surface area (Å²) in [6, 6.07) is 7.89. The van der Waals surface area contributed by atoms with Crippen molar-refractivity contribution in [3.8, 4) is 5.75 Å². The second-order valence-electron chi connectivity index (χ2n) is 4.69. The molecular formula is C14H19NO3. The highest BCUT2D eigenvalue weighted by Gasteiger charge is 2.28. The predicted octanol–water partition coefficient (Wildman–Crippen LogP) is 1.08. The van der Waals surface area contributed by atoms with Gasteiger partial charge in [0.2, 0.25) is 5.91 Å². The molecule has 1 saturated heterocycles. The molecule has 1 atom stereocenters. The van der Waals surface area contributed by atoms with E-state index in [2.05, 4.69) is 0 Å². The third-order valence-electron chi connectivity index (χ3n) is 3.36. The Morgan fingerprint density at radius 3 is 3.00 bits per heavy atom. The van der Waals surface area contributed by atoms with E-state index in [9.17, 15) is 4.79 Å². The zero-order chi connectivity index (χ0) is 13.0. The lowest BCUT2D eigenvalue weighted by atomic mass is 10.1. The van der Waals surface area contributed by atoms with Gasteiger partial charge < -0.3 is 14.7 Å². The van der Waals surface area contributed by atoms with Gasteiger partial charge in [-0.1, -0.05) is 12.1 Å². The molecule has 4 heteroatoms. The first-order chi connectivity index (χ1) is 8.72. The highest BCUT2D eigenvalue weighted by atomic mass is 16.5. The van der Waals surface area contributed by atoms with Crippen LogP contribution in [0.2, 0.25) is 0 Å². The van der Waals surface area contributed by atoms with Gasteiger partial charge in [-0.3, -0.25) is 4.79 Å². The Labute approximate surface area is 107 Å². The fraction of sp³-hybridized carbons (Fsp3) is 0.500. The van der Waals surface area contributed by atoms with Crippen molar-refractivity contribution in [2.24, 2.45) is 5.92 Å². The number of nitrogens with zero attached hydrogens (tertiary/aromatic N) is 1. The molecule has 1 amide bonds. The molecule has 1 fully saturated rings. The van der Waals surface area contributed by atoms with E-state index in [-0.39, 0.29) is 18.4 Å². The minimum Gasteiger partial charge on any atom is -0.497 e. The van der Waals surface area contributed by atoms with Crippen LogP contribution in [-0.4, -0.2) is 42.7 Å². The van der Waals surface area contributed by atoms with Gasteiger partial charge in [0.05, 0.1) is 7.11 Å². The van der Waals surface area contributed by atoms with Crippen molar-refractivity contribution in [3.05, 3.63) is 29.8 Å². The molecule has 2 rings (SSSR count). The molecule has 0 aliphatic carbocycles. The van der Waals surface area contributed by atoms with E-state index in [1.165, 1.54) is 0 Å². The summed E-state index contributed by atoms with van der Waals surface area (Å²) in [7, 11) is 1.65. The van der Waals surface area contributed by atoms with Gasteiger partial charge >= 0.3 is 0 Å². The van der Waals surface area contributed by atoms with E-state index >= 15 is 0 Å². The number of hydrogen-bond donors (Lipinski definition) is 1. The van der Waals surface area contributed by atoms with Gasteiger partial charge in [-0.25, -0.2) is 0 Å². The average molecular weight is 249 g/mol. The standard InChI is InChI=1S/C14H19NO3/c1-18-13-4-2-3-11(7-13)5-6-15-9-12(10-16)8-14(15)17/h2-4,7,12,16H,5-6,8-10H2,1H3. The molecule has 1 heterocycles. The van der Waals surface area contributed by atoms with Gasteiger partial charge in [0, 0.05) is 32.0 Å². The van der Waals surface area contributed by atoms with Crippen molar-refractivity contribution in [3.63, 3.8) is 0 Å². The number of rotatable bonds is 5. The van der Waals surface area contributed by atoms with Gasteiger partial charge in [-0.15, -0.1) is 0 Å². The average Bonchev–Trinajstić information content (AvgIpc) is 2.77. The lowest BCUT2D eigenvalue weighted by Gasteiger charge is -2.16. The monoisotopic (exact) mass is 249 g/mol. The van der Waals surface area contributed by atoms with E-state index in [4.69, 9.17) is 9.84 Å². The summed E-state index contributed by atoms with van der Waals surface area (Å²) in [5.41, 5.74) is 1.16. The summed E-state index contributed by atoms with van der Waals surface area (Å²) in [6.45, 7) is 1.49. The Hall–Kier alpha value is -1.55. The zero-order valence-corrected chi connectivity index (χ0v) is 10.6. The van der Waals surface area contributed by atoms with Crippen molar-refractivity contribution in [2.45, 2.75) is 12.8 Å². The van der Waals surface area contributed by atoms with Crippen LogP contribution in [0.5, 0.6) is 5.75 Å². The molecule has 0 radical (unpaired) electrons. The molecule has 98 valence electrons. The molecule has 0 spiro atoms. The maximum Gasteiger partial charge on any atom is 0.223 e. The van der Waals surface area contributed by atoms with Crippen LogP contribution in [0.15, 0.2) is 24.3 Å². The SMILES string of the molecule is COc1cccc(CCN2CC(CO)CC2=O)c1. The summed E-state index contributed by atoms with van der Waals surface area (Å²) < 4.78 is 5.17. The Kier molecular flexibility index (Phi) is 4.20. The number of carbonyl (C=O) groups is 1. The minimum atomic E-state index is 0.0986. The summed E-state index contributed by atoms with van der Waals surface area (Å²) >= 11 is 0. The van der Waals surface area contributed by atoms with E-state index in [0.29, 0.717) is 19.5 Å². The van der Waals surface area contributed by atoms with Crippen LogP contribution in [0.3, 0.4) is 0 Å². The maximum atomic E-state index is 11.7. The summed E-state index contributed by atoms with van der Waals surface area (Å²) in [4.78, 5) is 13.5. The predicted molar refractivity (Wildman–Crippen MR) is 68.5 cm³/mol. The summed E-state index contributed by atoms with van der Waals surface area (Å²) in [6.07, 6.45) is 1.30. The normalized spacial score (nSPS) is 19.3. The lowest BCUT2D eigenvalue weighted by molar-refractivity contribution is -0.127. The van der Waals surface area contributed by atoms with E-state index in [1.54, 1.807) is 7.11 Å². The van der Waals surface area contributed by atoms with Crippen LogP contribution in [0.1, 0.15) is 12.0 Å². The highest BCUT2D eigenvalue weighted by molar-refractivity contribution is 5.78. The molecule has 1 aliphatic rings. The van der Waals surface area contributed by atoms with E-state index in [0.717, 1.165) is 17.7 Å². The van der Waals surface area contributed by atoms with Crippen molar-refractivity contribution < 1.29 is 14.6 Å². The highest BCUT2D eigenvalue weighted by Crippen LogP contribution is 2.18. The van der Waals surface area contributed by atoms with Gasteiger partial charge in [-0.05, 0) is 24.1 Å². The van der Waals surface area contributed by atoms with Crippen molar-refractivity contribution >= 4 is 5.91 Å². The largest absolute Gasteiger partial charge is 0.497 e. The Balaban J connectivity index is 1.89. The van der Waals surface area contributed by atoms with Crippen LogP contribution in [0.4, 0.5) is 0 Å².